The number of benzene rings is 3. The van der Waals surface area contributed by atoms with Crippen molar-refractivity contribution in [3.8, 4) is 5.75 Å². The first-order valence-corrected chi connectivity index (χ1v) is 11.3. The third-order valence-corrected chi connectivity index (χ3v) is 6.72. The van der Waals surface area contributed by atoms with Crippen LogP contribution in [0.5, 0.6) is 5.75 Å². The van der Waals surface area contributed by atoms with Crippen LogP contribution in [-0.4, -0.2) is 28.0 Å². The van der Waals surface area contributed by atoms with Crippen molar-refractivity contribution in [1.29, 1.82) is 0 Å². The quantitative estimate of drug-likeness (QED) is 0.551. The number of methoxy groups -OCH3 is 1. The van der Waals surface area contributed by atoms with E-state index in [9.17, 15) is 13.2 Å². The maximum Gasteiger partial charge on any atom is 0.264 e. The van der Waals surface area contributed by atoms with E-state index < -0.39 is 22.5 Å². The number of ether oxygens (including phenoxy) is 1. The van der Waals surface area contributed by atoms with E-state index in [0.717, 1.165) is 15.4 Å². The molecule has 0 radical (unpaired) electrons. The monoisotopic (exact) mass is 458 g/mol. The number of carbonyl (C=O) groups excluding carboxylic acids is 1. The van der Waals surface area contributed by atoms with E-state index in [4.69, 9.17) is 16.3 Å². The molecule has 0 aliphatic rings. The molecule has 3 aromatic rings. The summed E-state index contributed by atoms with van der Waals surface area (Å²) in [6, 6.07) is 18.2. The van der Waals surface area contributed by atoms with Gasteiger partial charge in [0.05, 0.1) is 17.7 Å². The Labute approximate surface area is 187 Å². The third-order valence-electron chi connectivity index (χ3n) is 4.71. The molecule has 0 spiro atoms. The standard InChI is InChI=1S/C23H23ClN2O4S/c1-16-8-11-19(12-9-16)31(28,29)26(21-6-4-5-7-22(21)30-3)15-23(27)25-20-13-10-18(24)14-17(20)2/h4-14H,15H2,1-3H3,(H,25,27). The van der Waals surface area contributed by atoms with Crippen molar-refractivity contribution in [3.63, 3.8) is 0 Å². The second-order valence-electron chi connectivity index (χ2n) is 7.00. The molecule has 1 N–H and O–H groups in total. The van der Waals surface area contributed by atoms with Crippen molar-refractivity contribution in [2.75, 3.05) is 23.3 Å². The van der Waals surface area contributed by atoms with Gasteiger partial charge in [-0.25, -0.2) is 8.42 Å². The number of halogens is 1. The summed E-state index contributed by atoms with van der Waals surface area (Å²) in [5.74, 6) is -0.152. The SMILES string of the molecule is COc1ccccc1N(CC(=O)Nc1ccc(Cl)cc1C)S(=O)(=O)c1ccc(C)cc1. The number of anilines is 2. The molecule has 8 heteroatoms. The first kappa shape index (κ1) is 22.7. The number of rotatable bonds is 7. The highest BCUT2D eigenvalue weighted by Gasteiger charge is 2.29. The van der Waals surface area contributed by atoms with Crippen LogP contribution in [0.15, 0.2) is 71.6 Å². The smallest absolute Gasteiger partial charge is 0.264 e. The largest absolute Gasteiger partial charge is 0.495 e. The van der Waals surface area contributed by atoms with Crippen LogP contribution in [0.4, 0.5) is 11.4 Å². The molecule has 0 fully saturated rings. The maximum absolute atomic E-state index is 13.5. The molecule has 1 amide bonds. The van der Waals surface area contributed by atoms with Crippen LogP contribution in [0.1, 0.15) is 11.1 Å². The number of para-hydroxylation sites is 2. The number of aryl methyl sites for hydroxylation is 2. The number of sulfonamides is 1. The van der Waals surface area contributed by atoms with E-state index in [1.807, 2.05) is 13.8 Å². The number of nitrogens with zero attached hydrogens (tertiary/aromatic N) is 1. The van der Waals surface area contributed by atoms with Crippen LogP contribution >= 0.6 is 11.6 Å². The number of carbonyl (C=O) groups is 1. The van der Waals surface area contributed by atoms with Crippen LogP contribution in [0.25, 0.3) is 0 Å². The molecule has 6 nitrogen and oxygen atoms in total. The fraction of sp³-hybridized carbons (Fsp3) is 0.174. The van der Waals surface area contributed by atoms with Gasteiger partial charge >= 0.3 is 0 Å². The molecular weight excluding hydrogens is 436 g/mol. The molecule has 0 aliphatic heterocycles. The fourth-order valence-corrected chi connectivity index (χ4v) is 4.72. The van der Waals surface area contributed by atoms with Crippen molar-refractivity contribution in [2.24, 2.45) is 0 Å². The van der Waals surface area contributed by atoms with Crippen molar-refractivity contribution in [3.05, 3.63) is 82.9 Å². The number of hydrogen-bond donors (Lipinski definition) is 1. The molecule has 31 heavy (non-hydrogen) atoms. The van der Waals surface area contributed by atoms with Gasteiger partial charge in [0.25, 0.3) is 10.0 Å². The zero-order chi connectivity index (χ0) is 22.6. The Morgan fingerprint density at radius 1 is 1.03 bits per heavy atom. The Bertz CT molecular complexity index is 1190. The molecule has 0 heterocycles. The summed E-state index contributed by atoms with van der Waals surface area (Å²) in [7, 11) is -2.59. The van der Waals surface area contributed by atoms with E-state index >= 15 is 0 Å². The molecule has 0 aliphatic carbocycles. The molecule has 0 saturated carbocycles. The highest BCUT2D eigenvalue weighted by Crippen LogP contribution is 2.32. The van der Waals surface area contributed by atoms with Crippen LogP contribution < -0.4 is 14.4 Å². The molecule has 0 atom stereocenters. The van der Waals surface area contributed by atoms with E-state index in [0.29, 0.717) is 16.5 Å². The molecule has 0 aromatic heterocycles. The molecule has 3 aromatic carbocycles. The molecule has 162 valence electrons. The summed E-state index contributed by atoms with van der Waals surface area (Å²) in [5.41, 5.74) is 2.53. The molecule has 3 rings (SSSR count). The molecule has 0 bridgehead atoms. The predicted molar refractivity (Wildman–Crippen MR) is 124 cm³/mol. The Morgan fingerprint density at radius 3 is 2.35 bits per heavy atom. The minimum atomic E-state index is -4.04. The van der Waals surface area contributed by atoms with Gasteiger partial charge in [-0.2, -0.15) is 0 Å². The second-order valence-corrected chi connectivity index (χ2v) is 9.30. The summed E-state index contributed by atoms with van der Waals surface area (Å²) in [4.78, 5) is 13.0. The Balaban J connectivity index is 1.99. The number of hydrogen-bond acceptors (Lipinski definition) is 4. The van der Waals surface area contributed by atoms with E-state index in [1.54, 1.807) is 54.6 Å². The average Bonchev–Trinajstić information content (AvgIpc) is 2.74. The van der Waals surface area contributed by atoms with Gasteiger partial charge in [-0.3, -0.25) is 9.10 Å². The zero-order valence-corrected chi connectivity index (χ0v) is 19.0. The summed E-state index contributed by atoms with van der Waals surface area (Å²) < 4.78 is 33.4. The van der Waals surface area contributed by atoms with Gasteiger partial charge in [-0.05, 0) is 61.9 Å². The van der Waals surface area contributed by atoms with Crippen molar-refractivity contribution in [2.45, 2.75) is 18.7 Å². The van der Waals surface area contributed by atoms with Gasteiger partial charge in [0.2, 0.25) is 5.91 Å². The number of amides is 1. The van der Waals surface area contributed by atoms with E-state index in [-0.39, 0.29) is 10.6 Å². The Morgan fingerprint density at radius 2 is 1.71 bits per heavy atom. The zero-order valence-electron chi connectivity index (χ0n) is 17.4. The topological polar surface area (TPSA) is 75.7 Å². The minimum Gasteiger partial charge on any atom is -0.495 e. The number of nitrogens with one attached hydrogen (secondary N) is 1. The van der Waals surface area contributed by atoms with Gasteiger partial charge in [0.15, 0.2) is 0 Å². The van der Waals surface area contributed by atoms with Crippen LogP contribution in [0, 0.1) is 13.8 Å². The van der Waals surface area contributed by atoms with Gasteiger partial charge in [-0.15, -0.1) is 0 Å². The minimum absolute atomic E-state index is 0.0829. The molecule has 0 unspecified atom stereocenters. The predicted octanol–water partition coefficient (Wildman–Crippen LogP) is 4.80. The van der Waals surface area contributed by atoms with Crippen molar-refractivity contribution < 1.29 is 17.9 Å². The van der Waals surface area contributed by atoms with E-state index in [1.165, 1.54) is 19.2 Å². The summed E-state index contributed by atoms with van der Waals surface area (Å²) in [5, 5.41) is 3.31. The van der Waals surface area contributed by atoms with Gasteiger partial charge < -0.3 is 10.1 Å². The van der Waals surface area contributed by atoms with Gasteiger partial charge in [0, 0.05) is 10.7 Å². The first-order chi connectivity index (χ1) is 14.7. The lowest BCUT2D eigenvalue weighted by Gasteiger charge is -2.25. The van der Waals surface area contributed by atoms with E-state index in [2.05, 4.69) is 5.32 Å². The van der Waals surface area contributed by atoms with Crippen LogP contribution in [0.2, 0.25) is 5.02 Å². The van der Waals surface area contributed by atoms with Crippen molar-refractivity contribution >= 4 is 38.9 Å². The second kappa shape index (κ2) is 9.41. The first-order valence-electron chi connectivity index (χ1n) is 9.51. The van der Waals surface area contributed by atoms with Gasteiger partial charge in [0.1, 0.15) is 12.3 Å². The Kier molecular flexibility index (Phi) is 6.87. The van der Waals surface area contributed by atoms with Crippen molar-refractivity contribution in [1.82, 2.24) is 0 Å². The summed E-state index contributed by atoms with van der Waals surface area (Å²) in [6.07, 6.45) is 0. The fourth-order valence-electron chi connectivity index (χ4n) is 3.06. The van der Waals surface area contributed by atoms with Gasteiger partial charge in [-0.1, -0.05) is 41.4 Å². The maximum atomic E-state index is 13.5. The molecule has 0 saturated heterocycles. The molecular formula is C23H23ClN2O4S. The van der Waals surface area contributed by atoms with Crippen LogP contribution in [0.3, 0.4) is 0 Å². The average molecular weight is 459 g/mol. The summed E-state index contributed by atoms with van der Waals surface area (Å²) in [6.45, 7) is 3.25. The Hall–Kier alpha value is -3.03. The van der Waals surface area contributed by atoms with Crippen LogP contribution in [-0.2, 0) is 14.8 Å². The lowest BCUT2D eigenvalue weighted by Crippen LogP contribution is -2.38. The normalized spacial score (nSPS) is 11.1. The third kappa shape index (κ3) is 5.18. The highest BCUT2D eigenvalue weighted by atomic mass is 35.5. The highest BCUT2D eigenvalue weighted by molar-refractivity contribution is 7.92. The lowest BCUT2D eigenvalue weighted by atomic mass is 10.2. The lowest BCUT2D eigenvalue weighted by molar-refractivity contribution is -0.114. The summed E-state index contributed by atoms with van der Waals surface area (Å²) >= 11 is 5.98.